The molecule has 2 aromatic rings. The normalized spacial score (nSPS) is 11.3. The van der Waals surface area contributed by atoms with E-state index < -0.39 is 21.5 Å². The van der Waals surface area contributed by atoms with Crippen molar-refractivity contribution in [3.63, 3.8) is 0 Å². The molecule has 0 aliphatic carbocycles. The standard InChI is InChI=1S/C16H17NO3S/c1-12-6-8-13(9-7-12)15-5-3-2-4-14(15)10-21(19,20)11-16(17)18/h2-9H,10-11H2,1H3,(H2,17,18). The smallest absolute Gasteiger partial charge is 0.232 e. The van der Waals surface area contributed by atoms with Gasteiger partial charge in [0.05, 0.1) is 5.75 Å². The van der Waals surface area contributed by atoms with Crippen LogP contribution in [0.2, 0.25) is 0 Å². The number of carbonyl (C=O) groups excluding carboxylic acids is 1. The molecule has 0 aliphatic heterocycles. The molecule has 0 bridgehead atoms. The van der Waals surface area contributed by atoms with Crippen molar-refractivity contribution in [1.82, 2.24) is 0 Å². The van der Waals surface area contributed by atoms with Gasteiger partial charge in [0, 0.05) is 0 Å². The van der Waals surface area contributed by atoms with E-state index in [1.165, 1.54) is 0 Å². The first-order valence-electron chi connectivity index (χ1n) is 6.51. The molecule has 0 saturated carbocycles. The van der Waals surface area contributed by atoms with Gasteiger partial charge in [-0.25, -0.2) is 8.42 Å². The summed E-state index contributed by atoms with van der Waals surface area (Å²) >= 11 is 0. The van der Waals surface area contributed by atoms with E-state index in [4.69, 9.17) is 5.73 Å². The molecule has 0 fully saturated rings. The van der Waals surface area contributed by atoms with Gasteiger partial charge < -0.3 is 5.73 Å². The zero-order chi connectivity index (χ0) is 15.5. The minimum absolute atomic E-state index is 0.194. The second-order valence-electron chi connectivity index (χ2n) is 5.02. The highest BCUT2D eigenvalue weighted by Crippen LogP contribution is 2.25. The third kappa shape index (κ3) is 4.16. The number of benzene rings is 2. The fourth-order valence-electron chi connectivity index (χ4n) is 2.17. The highest BCUT2D eigenvalue weighted by atomic mass is 32.2. The minimum atomic E-state index is -3.55. The van der Waals surface area contributed by atoms with Crippen LogP contribution < -0.4 is 5.73 Å². The average Bonchev–Trinajstić information content (AvgIpc) is 2.38. The number of primary amides is 1. The quantitative estimate of drug-likeness (QED) is 0.918. The molecule has 21 heavy (non-hydrogen) atoms. The first-order valence-corrected chi connectivity index (χ1v) is 8.33. The minimum Gasteiger partial charge on any atom is -0.369 e. The number of sulfone groups is 1. The maximum Gasteiger partial charge on any atom is 0.232 e. The van der Waals surface area contributed by atoms with E-state index in [0.29, 0.717) is 5.56 Å². The highest BCUT2D eigenvalue weighted by molar-refractivity contribution is 7.91. The Hall–Kier alpha value is -2.14. The zero-order valence-electron chi connectivity index (χ0n) is 11.7. The maximum atomic E-state index is 11.9. The molecule has 2 N–H and O–H groups in total. The number of hydrogen-bond acceptors (Lipinski definition) is 3. The molecule has 4 nitrogen and oxygen atoms in total. The Bertz CT molecular complexity index is 749. The largest absolute Gasteiger partial charge is 0.369 e. The summed E-state index contributed by atoms with van der Waals surface area (Å²) in [5.41, 5.74) is 8.59. The lowest BCUT2D eigenvalue weighted by Gasteiger charge is -2.10. The SMILES string of the molecule is Cc1ccc(-c2ccccc2CS(=O)(=O)CC(N)=O)cc1. The summed E-state index contributed by atoms with van der Waals surface area (Å²) in [7, 11) is -3.55. The van der Waals surface area contributed by atoms with Crippen molar-refractivity contribution in [2.45, 2.75) is 12.7 Å². The molecule has 0 spiro atoms. The Kier molecular flexibility index (Phi) is 4.43. The van der Waals surface area contributed by atoms with Crippen molar-refractivity contribution < 1.29 is 13.2 Å². The number of aryl methyl sites for hydroxylation is 1. The number of amides is 1. The van der Waals surface area contributed by atoms with E-state index in [0.717, 1.165) is 16.7 Å². The molecule has 0 saturated heterocycles. The van der Waals surface area contributed by atoms with Crippen molar-refractivity contribution in [1.29, 1.82) is 0 Å². The summed E-state index contributed by atoms with van der Waals surface area (Å²) in [5, 5.41) is 0. The fraction of sp³-hybridized carbons (Fsp3) is 0.188. The average molecular weight is 303 g/mol. The Morgan fingerprint density at radius 1 is 1.05 bits per heavy atom. The summed E-state index contributed by atoms with van der Waals surface area (Å²) in [6.07, 6.45) is 0. The van der Waals surface area contributed by atoms with E-state index in [-0.39, 0.29) is 5.75 Å². The van der Waals surface area contributed by atoms with Gasteiger partial charge in [-0.1, -0.05) is 54.1 Å². The molecular weight excluding hydrogens is 286 g/mol. The van der Waals surface area contributed by atoms with Gasteiger partial charge in [0.15, 0.2) is 9.84 Å². The van der Waals surface area contributed by atoms with E-state index >= 15 is 0 Å². The molecule has 0 radical (unpaired) electrons. The number of carbonyl (C=O) groups is 1. The molecule has 5 heteroatoms. The molecule has 0 aromatic heterocycles. The third-order valence-electron chi connectivity index (χ3n) is 3.12. The lowest BCUT2D eigenvalue weighted by molar-refractivity contribution is -0.115. The molecular formula is C16H17NO3S. The molecule has 0 atom stereocenters. The van der Waals surface area contributed by atoms with Gasteiger partial charge in [-0.15, -0.1) is 0 Å². The van der Waals surface area contributed by atoms with Gasteiger partial charge in [-0.2, -0.15) is 0 Å². The summed E-state index contributed by atoms with van der Waals surface area (Å²) in [5.74, 6) is -1.65. The number of rotatable bonds is 5. The van der Waals surface area contributed by atoms with Gasteiger partial charge in [-0.05, 0) is 23.6 Å². The Morgan fingerprint density at radius 2 is 1.67 bits per heavy atom. The Labute approximate surface area is 124 Å². The second kappa shape index (κ2) is 6.10. The van der Waals surface area contributed by atoms with Crippen molar-refractivity contribution >= 4 is 15.7 Å². The summed E-state index contributed by atoms with van der Waals surface area (Å²) in [6, 6.07) is 15.1. The van der Waals surface area contributed by atoms with Crippen molar-refractivity contribution in [2.75, 3.05) is 5.75 Å². The van der Waals surface area contributed by atoms with Gasteiger partial charge in [0.2, 0.25) is 5.91 Å². The topological polar surface area (TPSA) is 77.2 Å². The van der Waals surface area contributed by atoms with Gasteiger partial charge >= 0.3 is 0 Å². The molecule has 110 valence electrons. The van der Waals surface area contributed by atoms with Crippen LogP contribution in [0.1, 0.15) is 11.1 Å². The van der Waals surface area contributed by atoms with Crippen LogP contribution in [-0.4, -0.2) is 20.1 Å². The van der Waals surface area contributed by atoms with E-state index in [1.807, 2.05) is 43.3 Å². The van der Waals surface area contributed by atoms with E-state index in [9.17, 15) is 13.2 Å². The van der Waals surface area contributed by atoms with Crippen molar-refractivity contribution in [3.05, 3.63) is 59.7 Å². The van der Waals surface area contributed by atoms with Crippen LogP contribution >= 0.6 is 0 Å². The first kappa shape index (κ1) is 15.3. The maximum absolute atomic E-state index is 11.9. The van der Waals surface area contributed by atoms with Crippen molar-refractivity contribution in [2.24, 2.45) is 5.73 Å². The van der Waals surface area contributed by atoms with Crippen LogP contribution in [0.4, 0.5) is 0 Å². The summed E-state index contributed by atoms with van der Waals surface area (Å²) in [4.78, 5) is 10.8. The molecule has 1 amide bonds. The second-order valence-corrected chi connectivity index (χ2v) is 7.09. The Balaban J connectivity index is 2.38. The lowest BCUT2D eigenvalue weighted by Crippen LogP contribution is -2.24. The lowest BCUT2D eigenvalue weighted by atomic mass is 10.00. The predicted octanol–water partition coefficient (Wildman–Crippen LogP) is 2.06. The van der Waals surface area contributed by atoms with Crippen LogP contribution in [0.25, 0.3) is 11.1 Å². The summed E-state index contributed by atoms with van der Waals surface area (Å²) < 4.78 is 23.9. The van der Waals surface area contributed by atoms with Crippen molar-refractivity contribution in [3.8, 4) is 11.1 Å². The molecule has 0 unspecified atom stereocenters. The third-order valence-corrected chi connectivity index (χ3v) is 4.59. The molecule has 2 rings (SSSR count). The molecule has 2 aromatic carbocycles. The van der Waals surface area contributed by atoms with E-state index in [2.05, 4.69) is 0 Å². The first-order chi connectivity index (χ1) is 9.87. The van der Waals surface area contributed by atoms with Crippen LogP contribution in [0.15, 0.2) is 48.5 Å². The van der Waals surface area contributed by atoms with Gasteiger partial charge in [0.1, 0.15) is 5.75 Å². The number of nitrogens with two attached hydrogens (primary N) is 1. The Morgan fingerprint density at radius 3 is 2.29 bits per heavy atom. The number of hydrogen-bond donors (Lipinski definition) is 1. The van der Waals surface area contributed by atoms with Gasteiger partial charge in [0.25, 0.3) is 0 Å². The predicted molar refractivity (Wildman–Crippen MR) is 83.3 cm³/mol. The highest BCUT2D eigenvalue weighted by Gasteiger charge is 2.17. The van der Waals surface area contributed by atoms with Gasteiger partial charge in [-0.3, -0.25) is 4.79 Å². The molecule has 0 aliphatic rings. The summed E-state index contributed by atoms with van der Waals surface area (Å²) in [6.45, 7) is 1.99. The van der Waals surface area contributed by atoms with E-state index in [1.54, 1.807) is 12.1 Å². The zero-order valence-corrected chi connectivity index (χ0v) is 12.6. The van der Waals surface area contributed by atoms with Crippen LogP contribution in [-0.2, 0) is 20.4 Å². The van der Waals surface area contributed by atoms with Crippen LogP contribution in [0, 0.1) is 6.92 Å². The van der Waals surface area contributed by atoms with Crippen LogP contribution in [0.3, 0.4) is 0 Å². The van der Waals surface area contributed by atoms with Crippen LogP contribution in [0.5, 0.6) is 0 Å². The molecule has 0 heterocycles. The fourth-order valence-corrected chi connectivity index (χ4v) is 3.43. The monoisotopic (exact) mass is 303 g/mol.